The smallest absolute Gasteiger partial charge is 0.401 e. The Hall–Kier alpha value is -3.71. The maximum absolute atomic E-state index is 14.7. The molecule has 2 heterocycles. The van der Waals surface area contributed by atoms with E-state index in [4.69, 9.17) is 21.3 Å². The predicted octanol–water partition coefficient (Wildman–Crippen LogP) is 5.99. The van der Waals surface area contributed by atoms with Crippen molar-refractivity contribution >= 4 is 35.4 Å². The zero-order valence-electron chi connectivity index (χ0n) is 25.6. The van der Waals surface area contributed by atoms with Crippen LogP contribution in [-0.2, 0) is 9.59 Å². The van der Waals surface area contributed by atoms with E-state index in [1.807, 2.05) is 20.8 Å². The van der Waals surface area contributed by atoms with E-state index in [0.29, 0.717) is 44.0 Å². The first-order valence-corrected chi connectivity index (χ1v) is 14.7. The Morgan fingerprint density at radius 2 is 1.91 bits per heavy atom. The number of nitrogens with one attached hydrogen (secondary N) is 1. The Labute approximate surface area is 264 Å². The van der Waals surface area contributed by atoms with E-state index < -0.39 is 24.4 Å². The van der Waals surface area contributed by atoms with Crippen LogP contribution in [0.2, 0.25) is 5.02 Å². The lowest BCUT2D eigenvalue weighted by Crippen LogP contribution is -2.59. The summed E-state index contributed by atoms with van der Waals surface area (Å²) in [6.45, 7) is 10.4. The van der Waals surface area contributed by atoms with Gasteiger partial charge in [0.1, 0.15) is 24.1 Å². The maximum atomic E-state index is 14.7. The van der Waals surface area contributed by atoms with Gasteiger partial charge < -0.3 is 19.9 Å². The third-order valence-electron chi connectivity index (χ3n) is 7.25. The number of amidine groups is 1. The lowest BCUT2D eigenvalue weighted by atomic mass is 9.97. The van der Waals surface area contributed by atoms with Crippen LogP contribution in [0.4, 0.5) is 27.6 Å². The molecule has 1 saturated heterocycles. The molecule has 0 aromatic heterocycles. The molecule has 2 aromatic carbocycles. The van der Waals surface area contributed by atoms with Crippen LogP contribution in [-0.4, -0.2) is 97.5 Å². The largest absolute Gasteiger partial charge is 0.489 e. The summed E-state index contributed by atoms with van der Waals surface area (Å²) in [5.41, 5.74) is 1.04. The first-order valence-electron chi connectivity index (χ1n) is 14.4. The minimum absolute atomic E-state index is 0.0458. The van der Waals surface area contributed by atoms with Crippen molar-refractivity contribution in [3.63, 3.8) is 0 Å². The Balaban J connectivity index is 0.000000477. The Morgan fingerprint density at radius 1 is 1.20 bits per heavy atom. The molecule has 45 heavy (non-hydrogen) atoms. The molecule has 0 spiro atoms. The minimum atomic E-state index is -4.05. The van der Waals surface area contributed by atoms with Gasteiger partial charge in [0, 0.05) is 47.9 Å². The van der Waals surface area contributed by atoms with Gasteiger partial charge in [-0.2, -0.15) is 13.2 Å². The molecule has 0 saturated carbocycles. The van der Waals surface area contributed by atoms with Gasteiger partial charge in [0.25, 0.3) is 0 Å². The molecule has 246 valence electrons. The number of anilines is 1. The minimum Gasteiger partial charge on any atom is -0.489 e. The maximum Gasteiger partial charge on any atom is 0.401 e. The number of hydrogen-bond acceptors (Lipinski definition) is 6. The highest BCUT2D eigenvalue weighted by Gasteiger charge is 2.35. The molecule has 2 bridgehead atoms. The number of hydrogen-bond donors (Lipinski definition) is 1. The highest BCUT2D eigenvalue weighted by molar-refractivity contribution is 6.35. The van der Waals surface area contributed by atoms with Gasteiger partial charge in [-0.05, 0) is 58.1 Å². The van der Waals surface area contributed by atoms with E-state index in [1.165, 1.54) is 24.1 Å². The molecular formula is C31H37ClF5N5O3. The van der Waals surface area contributed by atoms with E-state index in [2.05, 4.69) is 16.8 Å². The molecule has 2 aliphatic rings. The molecular weight excluding hydrogens is 621 g/mol. The van der Waals surface area contributed by atoms with Gasteiger partial charge in [-0.1, -0.05) is 25.1 Å². The number of carbonyl (C=O) groups is 2. The first-order chi connectivity index (χ1) is 21.2. The number of aliphatic imine (C=N–C) groups is 1. The number of amides is 2. The number of piperazine rings is 1. The normalized spacial score (nSPS) is 18.2. The average Bonchev–Trinajstić information content (AvgIpc) is 2.95. The molecule has 4 rings (SSSR count). The summed E-state index contributed by atoms with van der Waals surface area (Å²) in [6.07, 6.45) is -1.50. The number of fused-ring (bicyclic) bond motifs is 2. The third kappa shape index (κ3) is 8.94. The van der Waals surface area contributed by atoms with Crippen molar-refractivity contribution in [3.05, 3.63) is 59.1 Å². The van der Waals surface area contributed by atoms with Crippen LogP contribution in [0.1, 0.15) is 32.8 Å². The first kappa shape index (κ1) is 35.8. The summed E-state index contributed by atoms with van der Waals surface area (Å²) < 4.78 is 69.0. The Kier molecular flexibility index (Phi) is 12.3. The highest BCUT2D eigenvalue weighted by atomic mass is 35.5. The number of benzene rings is 2. The van der Waals surface area contributed by atoms with Crippen LogP contribution in [0.3, 0.4) is 0 Å². The molecule has 1 fully saturated rings. The van der Waals surface area contributed by atoms with Gasteiger partial charge in [0.15, 0.2) is 5.75 Å². The van der Waals surface area contributed by atoms with Crippen molar-refractivity contribution in [2.75, 3.05) is 51.7 Å². The lowest BCUT2D eigenvalue weighted by Gasteiger charge is -2.45. The fourth-order valence-corrected chi connectivity index (χ4v) is 5.63. The second-order valence-corrected chi connectivity index (χ2v) is 11.2. The van der Waals surface area contributed by atoms with E-state index in [9.17, 15) is 31.5 Å². The van der Waals surface area contributed by atoms with Crippen LogP contribution in [0.25, 0.3) is 11.1 Å². The van der Waals surface area contributed by atoms with Crippen LogP contribution >= 0.6 is 11.6 Å². The molecule has 2 amide bonds. The fourth-order valence-electron chi connectivity index (χ4n) is 5.34. The molecule has 1 N–H and O–H groups in total. The summed E-state index contributed by atoms with van der Waals surface area (Å²) >= 11 is 6.65. The summed E-state index contributed by atoms with van der Waals surface area (Å²) in [4.78, 5) is 33.7. The SMILES string of the molecule is C=CC(=O)N1CC(C)N(C2=NCCOc3c(NC=O)c2cc(Cl)c3-c2ccc(F)cc2F)C[C@H]1C.CCCN(C)CC(F)(F)F. The average molecular weight is 658 g/mol. The van der Waals surface area contributed by atoms with Gasteiger partial charge in [-0.25, -0.2) is 8.78 Å². The number of alkyl halides is 3. The Morgan fingerprint density at radius 3 is 2.51 bits per heavy atom. The molecule has 1 unspecified atom stereocenters. The number of ether oxygens (including phenoxy) is 1. The topological polar surface area (TPSA) is 77.5 Å². The van der Waals surface area contributed by atoms with Crippen LogP contribution in [0.15, 0.2) is 41.9 Å². The summed E-state index contributed by atoms with van der Waals surface area (Å²) in [7, 11) is 1.47. The highest BCUT2D eigenvalue weighted by Crippen LogP contribution is 2.46. The molecule has 0 aliphatic carbocycles. The van der Waals surface area contributed by atoms with Crippen molar-refractivity contribution in [3.8, 4) is 16.9 Å². The van der Waals surface area contributed by atoms with Crippen molar-refractivity contribution in [2.45, 2.75) is 45.5 Å². The van der Waals surface area contributed by atoms with E-state index in [1.54, 1.807) is 11.0 Å². The van der Waals surface area contributed by atoms with E-state index in [0.717, 1.165) is 18.6 Å². The monoisotopic (exact) mass is 657 g/mol. The van der Waals surface area contributed by atoms with Crippen molar-refractivity contribution in [1.82, 2.24) is 14.7 Å². The lowest BCUT2D eigenvalue weighted by molar-refractivity contribution is -0.143. The van der Waals surface area contributed by atoms with Gasteiger partial charge in [-0.3, -0.25) is 19.5 Å². The molecule has 14 heteroatoms. The molecule has 0 radical (unpaired) electrons. The van der Waals surface area contributed by atoms with Crippen LogP contribution in [0.5, 0.6) is 5.75 Å². The number of halogens is 6. The predicted molar refractivity (Wildman–Crippen MR) is 165 cm³/mol. The zero-order chi connectivity index (χ0) is 33.5. The fraction of sp³-hybridized carbons (Fsp3) is 0.452. The van der Waals surface area contributed by atoms with Crippen molar-refractivity contribution in [1.29, 1.82) is 0 Å². The zero-order valence-corrected chi connectivity index (χ0v) is 26.3. The van der Waals surface area contributed by atoms with Crippen LogP contribution < -0.4 is 10.1 Å². The summed E-state index contributed by atoms with van der Waals surface area (Å²) in [5.74, 6) is -0.912. The second kappa shape index (κ2) is 15.5. The van der Waals surface area contributed by atoms with Crippen LogP contribution in [0, 0.1) is 11.6 Å². The Bertz CT molecular complexity index is 1420. The van der Waals surface area contributed by atoms with Gasteiger partial charge in [0.2, 0.25) is 12.3 Å². The molecule has 2 aromatic rings. The second-order valence-electron chi connectivity index (χ2n) is 10.8. The summed E-state index contributed by atoms with van der Waals surface area (Å²) in [6, 6.07) is 4.55. The van der Waals surface area contributed by atoms with E-state index in [-0.39, 0.29) is 52.2 Å². The van der Waals surface area contributed by atoms with Crippen molar-refractivity contribution < 1.29 is 36.3 Å². The van der Waals surface area contributed by atoms with Gasteiger partial charge in [-0.15, -0.1) is 0 Å². The number of nitrogens with zero attached hydrogens (tertiary/aromatic N) is 4. The summed E-state index contributed by atoms with van der Waals surface area (Å²) in [5, 5.41) is 2.83. The van der Waals surface area contributed by atoms with E-state index >= 15 is 0 Å². The number of carbonyl (C=O) groups excluding carboxylic acids is 2. The standard InChI is InChI=1S/C25H25ClF2N4O3.C6H12F3N/c1-4-21(34)31-11-15(3)32(12-14(31)2)25-18-10-19(26)22(17-6-5-16(27)9-20(17)28)24(23(18)30-13-33)35-8-7-29-25;1-3-4-10(2)5-6(7,8)9/h4-6,9-10,13-15H,1,7-8,11-12H2,2-3H3,(H,30,33);3-5H2,1-2H3/t14-,15?;/m1./s1. The molecule has 2 atom stereocenters. The van der Waals surface area contributed by atoms with Gasteiger partial charge in [0.05, 0.1) is 23.8 Å². The molecule has 2 aliphatic heterocycles. The molecule has 8 nitrogen and oxygen atoms in total. The quantitative estimate of drug-likeness (QED) is 0.225. The third-order valence-corrected chi connectivity index (χ3v) is 7.55. The van der Waals surface area contributed by atoms with Gasteiger partial charge >= 0.3 is 6.18 Å². The number of rotatable bonds is 7. The van der Waals surface area contributed by atoms with Crippen molar-refractivity contribution in [2.24, 2.45) is 4.99 Å².